The third-order valence-electron chi connectivity index (χ3n) is 2.17. The van der Waals surface area contributed by atoms with Crippen molar-refractivity contribution >= 4 is 23.6 Å². The Bertz CT molecular complexity index is 380. The minimum atomic E-state index is -1.77. The summed E-state index contributed by atoms with van der Waals surface area (Å²) in [6, 6.07) is 8.23. The van der Waals surface area contributed by atoms with E-state index in [1.54, 1.807) is 0 Å². The largest absolute Gasteiger partial charge is 0.182 e. The lowest BCUT2D eigenvalue weighted by Gasteiger charge is -2.15. The van der Waals surface area contributed by atoms with Crippen molar-refractivity contribution in [2.24, 2.45) is 0 Å². The van der Waals surface area contributed by atoms with E-state index in [1.807, 2.05) is 12.1 Å². The van der Waals surface area contributed by atoms with Gasteiger partial charge in [0.25, 0.3) is 0 Å². The standard InChI is InChI=1S/C13H17ClSi/c1-4-5-6-9-12-10-7-8-11-13(12)15(2,3)14/h7-8,10-11H,4-5H2,1-3H3. The van der Waals surface area contributed by atoms with E-state index in [0.717, 1.165) is 18.4 Å². The molecule has 0 bridgehead atoms. The van der Waals surface area contributed by atoms with Crippen molar-refractivity contribution in [1.29, 1.82) is 0 Å². The molecule has 0 N–H and O–H groups in total. The molecule has 0 unspecified atom stereocenters. The maximum atomic E-state index is 6.45. The SMILES string of the molecule is CCCC#Cc1ccccc1[Si](C)(C)Cl. The van der Waals surface area contributed by atoms with Crippen molar-refractivity contribution in [3.8, 4) is 11.8 Å². The van der Waals surface area contributed by atoms with Gasteiger partial charge in [-0.2, -0.15) is 11.1 Å². The summed E-state index contributed by atoms with van der Waals surface area (Å²) in [4.78, 5) is 0. The molecule has 0 saturated carbocycles. The van der Waals surface area contributed by atoms with Crippen molar-refractivity contribution in [3.63, 3.8) is 0 Å². The minimum absolute atomic E-state index is 0.957. The van der Waals surface area contributed by atoms with Gasteiger partial charge in [0.1, 0.15) is 0 Å². The number of unbranched alkanes of at least 4 members (excludes halogenated alkanes) is 1. The molecule has 1 aromatic carbocycles. The third-order valence-corrected chi connectivity index (χ3v) is 4.49. The Hall–Kier alpha value is -0.713. The third kappa shape index (κ3) is 3.74. The number of halogens is 1. The Balaban J connectivity index is 3.04. The number of benzene rings is 1. The molecule has 0 amide bonds. The van der Waals surface area contributed by atoms with E-state index >= 15 is 0 Å². The highest BCUT2D eigenvalue weighted by molar-refractivity contribution is 7.26. The van der Waals surface area contributed by atoms with Gasteiger partial charge in [0, 0.05) is 12.0 Å². The van der Waals surface area contributed by atoms with Crippen molar-refractivity contribution in [1.82, 2.24) is 0 Å². The average molecular weight is 237 g/mol. The Labute approximate surface area is 98.4 Å². The summed E-state index contributed by atoms with van der Waals surface area (Å²) in [5.74, 6) is 6.40. The van der Waals surface area contributed by atoms with Gasteiger partial charge in [0.05, 0.1) is 0 Å². The fourth-order valence-electron chi connectivity index (χ4n) is 1.39. The molecule has 0 saturated heterocycles. The second kappa shape index (κ2) is 5.39. The van der Waals surface area contributed by atoms with Crippen LogP contribution in [0.15, 0.2) is 24.3 Å². The first-order chi connectivity index (χ1) is 7.05. The molecular weight excluding hydrogens is 220 g/mol. The van der Waals surface area contributed by atoms with Crippen LogP contribution in [0.3, 0.4) is 0 Å². The van der Waals surface area contributed by atoms with E-state index in [0.29, 0.717) is 0 Å². The zero-order valence-electron chi connectivity index (χ0n) is 9.60. The summed E-state index contributed by atoms with van der Waals surface area (Å²) >= 11 is 6.45. The molecule has 0 atom stereocenters. The zero-order chi connectivity index (χ0) is 11.3. The molecule has 0 radical (unpaired) electrons. The van der Waals surface area contributed by atoms with Crippen LogP contribution in [0.1, 0.15) is 25.3 Å². The highest BCUT2D eigenvalue weighted by Gasteiger charge is 2.22. The quantitative estimate of drug-likeness (QED) is 0.419. The molecule has 0 aliphatic heterocycles. The Morgan fingerprint density at radius 2 is 1.93 bits per heavy atom. The van der Waals surface area contributed by atoms with Crippen LogP contribution in [0.25, 0.3) is 0 Å². The summed E-state index contributed by atoms with van der Waals surface area (Å²) in [5.41, 5.74) is 1.11. The molecule has 0 aliphatic carbocycles. The summed E-state index contributed by atoms with van der Waals surface area (Å²) in [6.45, 7) is 6.41. The topological polar surface area (TPSA) is 0 Å². The molecule has 0 heterocycles. The molecule has 1 rings (SSSR count). The first-order valence-corrected chi connectivity index (χ1v) is 9.34. The van der Waals surface area contributed by atoms with Gasteiger partial charge >= 0.3 is 0 Å². The van der Waals surface area contributed by atoms with Gasteiger partial charge < -0.3 is 0 Å². The van der Waals surface area contributed by atoms with E-state index in [2.05, 4.69) is 44.0 Å². The van der Waals surface area contributed by atoms with E-state index in [4.69, 9.17) is 11.1 Å². The van der Waals surface area contributed by atoms with Crippen LogP contribution < -0.4 is 5.19 Å². The number of hydrogen-bond acceptors (Lipinski definition) is 0. The van der Waals surface area contributed by atoms with E-state index in [1.165, 1.54) is 5.19 Å². The Kier molecular flexibility index (Phi) is 4.44. The van der Waals surface area contributed by atoms with Crippen LogP contribution in [-0.4, -0.2) is 7.38 Å². The van der Waals surface area contributed by atoms with Gasteiger partial charge in [-0.3, -0.25) is 0 Å². The lowest BCUT2D eigenvalue weighted by Crippen LogP contribution is -2.37. The fourth-order valence-corrected chi connectivity index (χ4v) is 3.17. The van der Waals surface area contributed by atoms with Crippen LogP contribution in [0.4, 0.5) is 0 Å². The molecular formula is C13H17ClSi. The Morgan fingerprint density at radius 3 is 2.53 bits per heavy atom. The summed E-state index contributed by atoms with van der Waals surface area (Å²) in [7, 11) is -1.77. The molecule has 0 aromatic heterocycles. The second-order valence-corrected chi connectivity index (χ2v) is 10.4. The van der Waals surface area contributed by atoms with Gasteiger partial charge in [-0.1, -0.05) is 50.1 Å². The highest BCUT2D eigenvalue weighted by Crippen LogP contribution is 2.10. The summed E-state index contributed by atoms with van der Waals surface area (Å²) in [5, 5.41) is 1.25. The molecule has 80 valence electrons. The maximum absolute atomic E-state index is 6.45. The predicted octanol–water partition coefficient (Wildman–Crippen LogP) is 3.49. The maximum Gasteiger partial charge on any atom is 0.182 e. The Morgan fingerprint density at radius 1 is 1.27 bits per heavy atom. The lowest BCUT2D eigenvalue weighted by atomic mass is 10.2. The summed E-state index contributed by atoms with van der Waals surface area (Å²) < 4.78 is 0. The van der Waals surface area contributed by atoms with Gasteiger partial charge in [0.15, 0.2) is 7.38 Å². The van der Waals surface area contributed by atoms with E-state index in [9.17, 15) is 0 Å². The zero-order valence-corrected chi connectivity index (χ0v) is 11.4. The van der Waals surface area contributed by atoms with Crippen LogP contribution in [0.2, 0.25) is 13.1 Å². The second-order valence-electron chi connectivity index (χ2n) is 4.07. The highest BCUT2D eigenvalue weighted by atomic mass is 35.6. The molecule has 2 heteroatoms. The van der Waals surface area contributed by atoms with Crippen molar-refractivity contribution in [2.75, 3.05) is 0 Å². The first kappa shape index (κ1) is 12.4. The van der Waals surface area contributed by atoms with Gasteiger partial charge in [-0.25, -0.2) is 0 Å². The van der Waals surface area contributed by atoms with Crippen molar-refractivity contribution < 1.29 is 0 Å². The molecule has 1 aromatic rings. The number of rotatable bonds is 2. The monoisotopic (exact) mass is 236 g/mol. The summed E-state index contributed by atoms with van der Waals surface area (Å²) in [6.07, 6.45) is 2.06. The van der Waals surface area contributed by atoms with Crippen molar-refractivity contribution in [3.05, 3.63) is 29.8 Å². The lowest BCUT2D eigenvalue weighted by molar-refractivity contribution is 0.983. The van der Waals surface area contributed by atoms with Gasteiger partial charge in [-0.15, -0.1) is 0 Å². The molecule has 0 nitrogen and oxygen atoms in total. The fraction of sp³-hybridized carbons (Fsp3) is 0.385. The first-order valence-electron chi connectivity index (χ1n) is 5.33. The van der Waals surface area contributed by atoms with E-state index in [-0.39, 0.29) is 0 Å². The van der Waals surface area contributed by atoms with Gasteiger partial charge in [0.2, 0.25) is 0 Å². The number of hydrogen-bond donors (Lipinski definition) is 0. The minimum Gasteiger partial charge on any atom is -0.161 e. The van der Waals surface area contributed by atoms with Crippen LogP contribution in [0.5, 0.6) is 0 Å². The molecule has 0 spiro atoms. The molecule has 0 fully saturated rings. The molecule has 0 aliphatic rings. The predicted molar refractivity (Wildman–Crippen MR) is 71.2 cm³/mol. The molecule has 15 heavy (non-hydrogen) atoms. The van der Waals surface area contributed by atoms with Crippen LogP contribution >= 0.6 is 11.1 Å². The van der Waals surface area contributed by atoms with E-state index < -0.39 is 7.38 Å². The smallest absolute Gasteiger partial charge is 0.161 e. The average Bonchev–Trinajstić information content (AvgIpc) is 2.17. The van der Waals surface area contributed by atoms with Gasteiger partial charge in [-0.05, 0) is 17.7 Å². The normalized spacial score (nSPS) is 10.7. The van der Waals surface area contributed by atoms with Crippen LogP contribution in [-0.2, 0) is 0 Å². The van der Waals surface area contributed by atoms with Crippen LogP contribution in [0, 0.1) is 11.8 Å². The van der Waals surface area contributed by atoms with Crippen molar-refractivity contribution in [2.45, 2.75) is 32.9 Å².